The van der Waals surface area contributed by atoms with Crippen molar-refractivity contribution in [3.63, 3.8) is 0 Å². The van der Waals surface area contributed by atoms with Crippen molar-refractivity contribution in [3.05, 3.63) is 47.5 Å². The van der Waals surface area contributed by atoms with E-state index in [4.69, 9.17) is 4.98 Å². The quantitative estimate of drug-likeness (QED) is 0.597. The Labute approximate surface area is 205 Å². The number of anilines is 1. The molecule has 0 spiro atoms. The number of aliphatic hydroxyl groups excluding tert-OH is 2. The first-order chi connectivity index (χ1) is 16.2. The Kier molecular flexibility index (Phi) is 7.66. The van der Waals surface area contributed by atoms with Crippen molar-refractivity contribution in [1.82, 2.24) is 9.88 Å². The summed E-state index contributed by atoms with van der Waals surface area (Å²) in [4.78, 5) is 9.97. The second-order valence-electron chi connectivity index (χ2n) is 11.6. The number of nitrogens with zero attached hydrogens (tertiary/aromatic N) is 3. The Morgan fingerprint density at radius 2 is 1.56 bits per heavy atom. The van der Waals surface area contributed by atoms with E-state index in [2.05, 4.69) is 73.9 Å². The number of rotatable bonds is 8. The molecule has 34 heavy (non-hydrogen) atoms. The molecule has 1 aliphatic carbocycles. The average Bonchev–Trinajstić information content (AvgIpc) is 2.85. The van der Waals surface area contributed by atoms with Gasteiger partial charge in [0.1, 0.15) is 5.82 Å². The maximum absolute atomic E-state index is 9.25. The minimum atomic E-state index is 0.0217. The van der Waals surface area contributed by atoms with Gasteiger partial charge in [-0.05, 0) is 72.4 Å². The Hall–Kier alpha value is -1.95. The maximum atomic E-state index is 9.25. The van der Waals surface area contributed by atoms with E-state index in [0.29, 0.717) is 0 Å². The van der Waals surface area contributed by atoms with Gasteiger partial charge in [-0.15, -0.1) is 0 Å². The number of benzene rings is 1. The molecule has 2 aliphatic rings. The van der Waals surface area contributed by atoms with E-state index < -0.39 is 0 Å². The Bertz CT molecular complexity index is 960. The minimum absolute atomic E-state index is 0.0217. The van der Waals surface area contributed by atoms with E-state index in [-0.39, 0.29) is 30.0 Å². The van der Waals surface area contributed by atoms with Crippen LogP contribution in [0.1, 0.15) is 64.5 Å². The topological polar surface area (TPSA) is 59.8 Å². The third kappa shape index (κ3) is 5.48. The molecular weight excluding hydrogens is 422 g/mol. The van der Waals surface area contributed by atoms with Gasteiger partial charge in [-0.3, -0.25) is 4.90 Å². The van der Waals surface area contributed by atoms with Crippen LogP contribution < -0.4 is 4.90 Å². The van der Waals surface area contributed by atoms with Crippen LogP contribution >= 0.6 is 0 Å². The first-order valence-corrected chi connectivity index (χ1v) is 13.0. The summed E-state index contributed by atoms with van der Waals surface area (Å²) in [5.41, 5.74) is 5.67. The second kappa shape index (κ2) is 10.3. The van der Waals surface area contributed by atoms with Gasteiger partial charge < -0.3 is 15.1 Å². The van der Waals surface area contributed by atoms with Gasteiger partial charge in [-0.1, -0.05) is 45.9 Å². The molecule has 1 aromatic heterocycles. The molecule has 2 heterocycles. The van der Waals surface area contributed by atoms with E-state index in [1.807, 2.05) is 0 Å². The monoisotopic (exact) mass is 465 g/mol. The predicted octanol–water partition coefficient (Wildman–Crippen LogP) is 4.60. The van der Waals surface area contributed by atoms with Crippen molar-refractivity contribution in [2.24, 2.45) is 5.92 Å². The molecule has 5 heteroatoms. The highest BCUT2D eigenvalue weighted by Crippen LogP contribution is 2.46. The summed E-state index contributed by atoms with van der Waals surface area (Å²) >= 11 is 0. The Morgan fingerprint density at radius 3 is 2.24 bits per heavy atom. The summed E-state index contributed by atoms with van der Waals surface area (Å²) in [6.07, 6.45) is 4.35. The van der Waals surface area contributed by atoms with Gasteiger partial charge in [-0.25, -0.2) is 4.98 Å². The molecular formula is C29H43N3O2. The van der Waals surface area contributed by atoms with Crippen molar-refractivity contribution in [1.29, 1.82) is 0 Å². The Balaban J connectivity index is 1.43. The lowest BCUT2D eigenvalue weighted by molar-refractivity contribution is 0.137. The van der Waals surface area contributed by atoms with Crippen molar-refractivity contribution in [2.45, 2.75) is 64.2 Å². The van der Waals surface area contributed by atoms with Crippen LogP contribution in [-0.4, -0.2) is 66.0 Å². The molecule has 4 rings (SSSR count). The van der Waals surface area contributed by atoms with Crippen LogP contribution in [0, 0.1) is 5.92 Å². The van der Waals surface area contributed by atoms with E-state index in [1.54, 1.807) is 0 Å². The summed E-state index contributed by atoms with van der Waals surface area (Å²) in [5, 5.41) is 18.5. The van der Waals surface area contributed by atoms with E-state index in [9.17, 15) is 10.2 Å². The number of hydrogen-bond acceptors (Lipinski definition) is 5. The fourth-order valence-electron chi connectivity index (χ4n) is 5.55. The van der Waals surface area contributed by atoms with Gasteiger partial charge >= 0.3 is 0 Å². The van der Waals surface area contributed by atoms with Crippen LogP contribution in [-0.2, 0) is 10.8 Å². The maximum Gasteiger partial charge on any atom is 0.129 e. The summed E-state index contributed by atoms with van der Waals surface area (Å²) < 4.78 is 0. The number of fused-ring (bicyclic) bond motifs is 1. The molecule has 2 aromatic rings. The van der Waals surface area contributed by atoms with Crippen LogP contribution in [0.25, 0.3) is 11.3 Å². The molecule has 1 aliphatic heterocycles. The van der Waals surface area contributed by atoms with Crippen molar-refractivity contribution in [3.8, 4) is 11.3 Å². The zero-order chi connectivity index (χ0) is 24.3. The van der Waals surface area contributed by atoms with Gasteiger partial charge in [-0.2, -0.15) is 0 Å². The van der Waals surface area contributed by atoms with Crippen molar-refractivity contribution in [2.75, 3.05) is 50.8 Å². The lowest BCUT2D eigenvalue weighted by atomic mass is 9.63. The predicted molar refractivity (Wildman–Crippen MR) is 141 cm³/mol. The first-order valence-electron chi connectivity index (χ1n) is 13.0. The number of aromatic nitrogens is 1. The molecule has 5 nitrogen and oxygen atoms in total. The molecule has 2 N–H and O–H groups in total. The fourth-order valence-corrected chi connectivity index (χ4v) is 5.55. The number of hydrogen-bond donors (Lipinski definition) is 2. The van der Waals surface area contributed by atoms with Crippen LogP contribution in [0.4, 0.5) is 5.82 Å². The zero-order valence-electron chi connectivity index (χ0n) is 21.6. The van der Waals surface area contributed by atoms with E-state index in [0.717, 1.165) is 57.1 Å². The first kappa shape index (κ1) is 25.2. The van der Waals surface area contributed by atoms with Crippen LogP contribution in [0.15, 0.2) is 36.4 Å². The highest BCUT2D eigenvalue weighted by atomic mass is 16.3. The molecule has 0 radical (unpaired) electrons. The fraction of sp³-hybridized carbons (Fsp3) is 0.621. The SMILES string of the molecule is CC1(C)CCC(C)(C)c2cc(-c3cccc(N4CCN(CCCC(CO)CO)CC4)n3)ccc21. The van der Waals surface area contributed by atoms with Gasteiger partial charge in [0, 0.05) is 50.9 Å². The van der Waals surface area contributed by atoms with Gasteiger partial charge in [0.15, 0.2) is 0 Å². The summed E-state index contributed by atoms with van der Waals surface area (Å²) in [6, 6.07) is 13.4. The van der Waals surface area contributed by atoms with E-state index >= 15 is 0 Å². The highest BCUT2D eigenvalue weighted by Gasteiger charge is 2.37. The number of aliphatic hydroxyl groups is 2. The minimum Gasteiger partial charge on any atom is -0.396 e. The van der Waals surface area contributed by atoms with Crippen molar-refractivity contribution < 1.29 is 10.2 Å². The molecule has 1 fully saturated rings. The largest absolute Gasteiger partial charge is 0.396 e. The third-order valence-corrected chi connectivity index (χ3v) is 8.18. The van der Waals surface area contributed by atoms with E-state index in [1.165, 1.54) is 29.5 Å². The molecule has 0 amide bonds. The summed E-state index contributed by atoms with van der Waals surface area (Å²) in [7, 11) is 0. The molecule has 0 atom stereocenters. The molecule has 0 bridgehead atoms. The van der Waals surface area contributed by atoms with Crippen LogP contribution in [0.2, 0.25) is 0 Å². The molecule has 1 saturated heterocycles. The smallest absolute Gasteiger partial charge is 0.129 e. The summed E-state index contributed by atoms with van der Waals surface area (Å²) in [6.45, 7) is 14.7. The molecule has 0 saturated carbocycles. The highest BCUT2D eigenvalue weighted by molar-refractivity contribution is 5.65. The van der Waals surface area contributed by atoms with Gasteiger partial charge in [0.05, 0.1) is 5.69 Å². The molecule has 0 unspecified atom stereocenters. The van der Waals surface area contributed by atoms with Gasteiger partial charge in [0.2, 0.25) is 0 Å². The lowest BCUT2D eigenvalue weighted by Crippen LogP contribution is -2.47. The normalized spacial score (nSPS) is 19.9. The zero-order valence-corrected chi connectivity index (χ0v) is 21.6. The third-order valence-electron chi connectivity index (χ3n) is 8.18. The standard InChI is InChI=1S/C29H43N3O2/c1-28(2)12-13-29(3,4)25-19-23(10-11-24(25)28)26-8-5-9-27(30-26)32-17-15-31(16-18-32)14-6-7-22(20-33)21-34/h5,8-11,19,22,33-34H,6-7,12-18,20-21H2,1-4H3. The summed E-state index contributed by atoms with van der Waals surface area (Å²) in [5.74, 6) is 1.09. The van der Waals surface area contributed by atoms with Gasteiger partial charge in [0.25, 0.3) is 0 Å². The lowest BCUT2D eigenvalue weighted by Gasteiger charge is -2.42. The Morgan fingerprint density at radius 1 is 0.882 bits per heavy atom. The molecule has 186 valence electrons. The van der Waals surface area contributed by atoms with Crippen LogP contribution in [0.5, 0.6) is 0 Å². The van der Waals surface area contributed by atoms with Crippen LogP contribution in [0.3, 0.4) is 0 Å². The second-order valence-corrected chi connectivity index (χ2v) is 11.6. The van der Waals surface area contributed by atoms with Crippen molar-refractivity contribution >= 4 is 5.82 Å². The number of piperazine rings is 1. The number of pyridine rings is 1. The average molecular weight is 466 g/mol. The molecule has 1 aromatic carbocycles.